The van der Waals surface area contributed by atoms with Crippen molar-refractivity contribution in [3.63, 3.8) is 0 Å². The maximum Gasteiger partial charge on any atom is 0.268 e. The third kappa shape index (κ3) is 1.47. The van der Waals surface area contributed by atoms with Gasteiger partial charge in [0.15, 0.2) is 5.82 Å². The van der Waals surface area contributed by atoms with Gasteiger partial charge in [0.25, 0.3) is 5.91 Å². The van der Waals surface area contributed by atoms with E-state index in [0.29, 0.717) is 6.07 Å². The van der Waals surface area contributed by atoms with E-state index >= 15 is 0 Å². The van der Waals surface area contributed by atoms with Gasteiger partial charge in [0.1, 0.15) is 11.5 Å². The van der Waals surface area contributed by atoms with Crippen LogP contribution in [0.25, 0.3) is 0 Å². The Labute approximate surface area is 83.9 Å². The molecule has 1 aromatic rings. The number of nitrogens with two attached hydrogens (primary N) is 1. The van der Waals surface area contributed by atoms with Gasteiger partial charge in [-0.2, -0.15) is 5.06 Å². The lowest BCUT2D eigenvalue weighted by atomic mass is 9.99. The molecule has 0 unspecified atom stereocenters. The second-order valence-electron chi connectivity index (χ2n) is 3.36. The first kappa shape index (κ1) is 10.0. The average molecular weight is 214 g/mol. The molecule has 15 heavy (non-hydrogen) atoms. The van der Waals surface area contributed by atoms with Crippen LogP contribution in [-0.2, 0) is 11.2 Å². The predicted molar refractivity (Wildman–Crippen MR) is 47.3 cm³/mol. The van der Waals surface area contributed by atoms with E-state index in [1.54, 1.807) is 0 Å². The van der Waals surface area contributed by atoms with Gasteiger partial charge in [-0.15, -0.1) is 0 Å². The molecule has 1 aliphatic rings. The van der Waals surface area contributed by atoms with Gasteiger partial charge in [0.05, 0.1) is 6.04 Å². The Morgan fingerprint density at radius 3 is 2.80 bits per heavy atom. The van der Waals surface area contributed by atoms with Gasteiger partial charge < -0.3 is 5.73 Å². The lowest BCUT2D eigenvalue weighted by Crippen LogP contribution is -2.47. The normalized spacial score (nSPS) is 20.4. The lowest BCUT2D eigenvalue weighted by molar-refractivity contribution is -0.125. The molecule has 4 nitrogen and oxygen atoms in total. The van der Waals surface area contributed by atoms with Gasteiger partial charge in [-0.25, -0.2) is 8.78 Å². The van der Waals surface area contributed by atoms with Gasteiger partial charge in [0.2, 0.25) is 0 Å². The second kappa shape index (κ2) is 3.25. The van der Waals surface area contributed by atoms with Crippen LogP contribution in [0, 0.1) is 11.6 Å². The van der Waals surface area contributed by atoms with Gasteiger partial charge in [0, 0.05) is 6.07 Å². The first-order chi connectivity index (χ1) is 7.00. The Balaban J connectivity index is 2.60. The van der Waals surface area contributed by atoms with E-state index < -0.39 is 23.6 Å². The zero-order valence-electron chi connectivity index (χ0n) is 7.58. The molecule has 1 heterocycles. The van der Waals surface area contributed by atoms with Gasteiger partial charge >= 0.3 is 0 Å². The quantitative estimate of drug-likeness (QED) is 0.620. The van der Waals surface area contributed by atoms with Crippen molar-refractivity contribution < 1.29 is 18.8 Å². The fourth-order valence-corrected chi connectivity index (χ4v) is 1.60. The third-order valence-electron chi connectivity index (χ3n) is 2.28. The summed E-state index contributed by atoms with van der Waals surface area (Å²) in [5, 5.41) is 9.45. The van der Waals surface area contributed by atoms with Gasteiger partial charge in [-0.1, -0.05) is 0 Å². The van der Waals surface area contributed by atoms with Crippen LogP contribution in [0.15, 0.2) is 12.1 Å². The maximum absolute atomic E-state index is 13.2. The Morgan fingerprint density at radius 1 is 1.47 bits per heavy atom. The smallest absolute Gasteiger partial charge is 0.268 e. The zero-order valence-corrected chi connectivity index (χ0v) is 7.58. The standard InChI is InChI=1S/C9H8F2N2O2/c10-5-1-4-2-7(12)9(14)13(15)8(4)6(11)3-5/h1,3,7,15H,2,12H2/t7-/m0/s1. The predicted octanol–water partition coefficient (Wildman–Crippen LogP) is 0.570. The summed E-state index contributed by atoms with van der Waals surface area (Å²) in [6.07, 6.45) is 0.0138. The first-order valence-electron chi connectivity index (χ1n) is 4.27. The average Bonchev–Trinajstić information content (AvgIpc) is 2.13. The molecule has 0 saturated heterocycles. The Kier molecular flexibility index (Phi) is 2.17. The van der Waals surface area contributed by atoms with Gasteiger partial charge in [-0.3, -0.25) is 10.0 Å². The highest BCUT2D eigenvalue weighted by atomic mass is 19.1. The van der Waals surface area contributed by atoms with Crippen LogP contribution in [-0.4, -0.2) is 17.2 Å². The molecule has 0 radical (unpaired) electrons. The molecule has 0 bridgehead atoms. The SMILES string of the molecule is N[C@H]1Cc2cc(F)cc(F)c2N(O)C1=O. The fourth-order valence-electron chi connectivity index (χ4n) is 1.60. The molecular formula is C9H8F2N2O2. The molecular weight excluding hydrogens is 206 g/mol. The highest BCUT2D eigenvalue weighted by Crippen LogP contribution is 2.29. The highest BCUT2D eigenvalue weighted by molar-refractivity contribution is 5.98. The molecule has 0 aromatic heterocycles. The second-order valence-corrected chi connectivity index (χ2v) is 3.36. The number of fused-ring (bicyclic) bond motifs is 1. The van der Waals surface area contributed by atoms with Crippen LogP contribution in [0.3, 0.4) is 0 Å². The number of anilines is 1. The summed E-state index contributed by atoms with van der Waals surface area (Å²) in [5.74, 6) is -2.54. The van der Waals surface area contributed by atoms with E-state index in [1.807, 2.05) is 0 Å². The number of hydrogen-bond acceptors (Lipinski definition) is 3. The number of halogens is 2. The number of benzene rings is 1. The molecule has 1 aliphatic heterocycles. The molecule has 0 saturated carbocycles. The number of rotatable bonds is 0. The van der Waals surface area contributed by atoms with Crippen molar-refractivity contribution in [1.82, 2.24) is 0 Å². The molecule has 0 aliphatic carbocycles. The highest BCUT2D eigenvalue weighted by Gasteiger charge is 2.32. The molecule has 0 fully saturated rings. The Bertz CT molecular complexity index is 436. The Hall–Kier alpha value is -1.53. The van der Waals surface area contributed by atoms with E-state index in [4.69, 9.17) is 5.73 Å². The topological polar surface area (TPSA) is 66.6 Å². The molecule has 1 atom stereocenters. The van der Waals surface area contributed by atoms with Crippen molar-refractivity contribution in [2.24, 2.45) is 5.73 Å². The molecule has 0 spiro atoms. The number of amides is 1. The minimum atomic E-state index is -0.979. The Morgan fingerprint density at radius 2 is 2.13 bits per heavy atom. The molecule has 1 aromatic carbocycles. The largest absolute Gasteiger partial charge is 0.320 e. The van der Waals surface area contributed by atoms with E-state index in [-0.39, 0.29) is 22.7 Å². The summed E-state index contributed by atoms with van der Waals surface area (Å²) in [6, 6.07) is 0.684. The fraction of sp³-hybridized carbons (Fsp3) is 0.222. The number of hydrogen-bond donors (Lipinski definition) is 2. The number of carbonyl (C=O) groups is 1. The van der Waals surface area contributed by atoms with E-state index in [1.165, 1.54) is 0 Å². The molecule has 1 amide bonds. The number of nitrogens with zero attached hydrogens (tertiary/aromatic N) is 1. The van der Waals surface area contributed by atoms with Crippen LogP contribution in [0.4, 0.5) is 14.5 Å². The van der Waals surface area contributed by atoms with Crippen molar-refractivity contribution in [1.29, 1.82) is 0 Å². The summed E-state index contributed by atoms with van der Waals surface area (Å²) in [6.45, 7) is 0. The molecule has 6 heteroatoms. The summed E-state index contributed by atoms with van der Waals surface area (Å²) < 4.78 is 26.1. The monoisotopic (exact) mass is 214 g/mol. The molecule has 80 valence electrons. The van der Waals surface area contributed by atoms with Crippen molar-refractivity contribution in [2.75, 3.05) is 5.06 Å². The van der Waals surface area contributed by atoms with Crippen molar-refractivity contribution in [3.8, 4) is 0 Å². The van der Waals surface area contributed by atoms with Crippen molar-refractivity contribution in [3.05, 3.63) is 29.3 Å². The molecule has 2 rings (SSSR count). The lowest BCUT2D eigenvalue weighted by Gasteiger charge is -2.27. The minimum absolute atomic E-state index is 0.0138. The van der Waals surface area contributed by atoms with Crippen molar-refractivity contribution in [2.45, 2.75) is 12.5 Å². The van der Waals surface area contributed by atoms with Crippen molar-refractivity contribution >= 4 is 11.6 Å². The summed E-state index contributed by atoms with van der Waals surface area (Å²) in [5.41, 5.74) is 5.25. The minimum Gasteiger partial charge on any atom is -0.320 e. The summed E-state index contributed by atoms with van der Waals surface area (Å²) >= 11 is 0. The van der Waals surface area contributed by atoms with E-state index in [2.05, 4.69) is 0 Å². The van der Waals surface area contributed by atoms with E-state index in [0.717, 1.165) is 6.07 Å². The van der Waals surface area contributed by atoms with Crippen LogP contribution in [0.2, 0.25) is 0 Å². The van der Waals surface area contributed by atoms with Crippen LogP contribution >= 0.6 is 0 Å². The summed E-state index contributed by atoms with van der Waals surface area (Å²) in [7, 11) is 0. The first-order valence-corrected chi connectivity index (χ1v) is 4.27. The summed E-state index contributed by atoms with van der Waals surface area (Å²) in [4.78, 5) is 11.2. The third-order valence-corrected chi connectivity index (χ3v) is 2.28. The number of hydroxylamine groups is 1. The van der Waals surface area contributed by atoms with Gasteiger partial charge in [-0.05, 0) is 18.1 Å². The van der Waals surface area contributed by atoms with E-state index in [9.17, 15) is 18.8 Å². The zero-order chi connectivity index (χ0) is 11.2. The van der Waals surface area contributed by atoms with Crippen LogP contribution in [0.1, 0.15) is 5.56 Å². The maximum atomic E-state index is 13.2. The van der Waals surface area contributed by atoms with Crippen LogP contribution in [0.5, 0.6) is 0 Å². The number of carbonyl (C=O) groups excluding carboxylic acids is 1. The molecule has 3 N–H and O–H groups in total. The van der Waals surface area contributed by atoms with Crippen LogP contribution < -0.4 is 10.8 Å².